The first-order valence-corrected chi connectivity index (χ1v) is 11.2. The molecule has 168 valence electrons. The van der Waals surface area contributed by atoms with Gasteiger partial charge in [0.15, 0.2) is 0 Å². The summed E-state index contributed by atoms with van der Waals surface area (Å²) in [7, 11) is 1.68. The quantitative estimate of drug-likeness (QED) is 0.397. The summed E-state index contributed by atoms with van der Waals surface area (Å²) in [5.74, 6) is 0.430. The van der Waals surface area contributed by atoms with Crippen molar-refractivity contribution in [1.82, 2.24) is 14.5 Å². The molecule has 0 saturated heterocycles. The van der Waals surface area contributed by atoms with Gasteiger partial charge in [0.2, 0.25) is 5.95 Å². The van der Waals surface area contributed by atoms with Crippen LogP contribution in [0, 0.1) is 0 Å². The van der Waals surface area contributed by atoms with Gasteiger partial charge in [-0.15, -0.1) is 0 Å². The van der Waals surface area contributed by atoms with Gasteiger partial charge >= 0.3 is 0 Å². The molecule has 1 atom stereocenters. The number of nitrogens with one attached hydrogen (secondary N) is 1. The Kier molecular flexibility index (Phi) is 7.08. The fraction of sp³-hybridized carbons (Fsp3) is 0.160. The third-order valence-corrected chi connectivity index (χ3v) is 6.05. The van der Waals surface area contributed by atoms with Crippen LogP contribution >= 0.6 is 23.2 Å². The minimum absolute atomic E-state index is 0.150. The van der Waals surface area contributed by atoms with Gasteiger partial charge in [-0.2, -0.15) is 0 Å². The third-order valence-electron chi connectivity index (χ3n) is 5.32. The van der Waals surface area contributed by atoms with Gasteiger partial charge in [-0.05, 0) is 41.8 Å². The number of pyridine rings is 1. The van der Waals surface area contributed by atoms with Crippen LogP contribution in [0.25, 0.3) is 22.4 Å². The van der Waals surface area contributed by atoms with Crippen LogP contribution in [0.5, 0.6) is 0 Å². The van der Waals surface area contributed by atoms with Crippen molar-refractivity contribution >= 4 is 29.2 Å². The maximum atomic E-state index is 13.5. The molecule has 3 N–H and O–H groups in total. The van der Waals surface area contributed by atoms with E-state index in [4.69, 9.17) is 33.9 Å². The second-order valence-corrected chi connectivity index (χ2v) is 8.53. The van der Waals surface area contributed by atoms with Crippen molar-refractivity contribution in [2.75, 3.05) is 11.9 Å². The van der Waals surface area contributed by atoms with Gasteiger partial charge in [0, 0.05) is 37.6 Å². The Labute approximate surface area is 202 Å². The van der Waals surface area contributed by atoms with E-state index in [0.717, 1.165) is 11.1 Å². The minimum Gasteiger partial charge on any atom is -0.354 e. The molecule has 0 radical (unpaired) electrons. The molecule has 33 heavy (non-hydrogen) atoms. The molecule has 0 aliphatic heterocycles. The Morgan fingerprint density at radius 3 is 2.42 bits per heavy atom. The zero-order valence-electron chi connectivity index (χ0n) is 18.0. The molecule has 4 aromatic rings. The lowest BCUT2D eigenvalue weighted by molar-refractivity contribution is 0.688. The van der Waals surface area contributed by atoms with Gasteiger partial charge in [0.05, 0.1) is 21.3 Å². The molecular formula is C25H23Cl2N5O. The van der Waals surface area contributed by atoms with Crippen LogP contribution in [0.4, 0.5) is 5.95 Å². The molecule has 0 bridgehead atoms. The van der Waals surface area contributed by atoms with Crippen LogP contribution in [0.3, 0.4) is 0 Å². The molecule has 0 aliphatic rings. The standard InChI is InChI=1S/C25H23Cl2N5O/c1-32-24(33)22(18-7-8-20(26)21(27)14-18)23(17-9-11-29-12-10-17)31-25(32)30-15-19(28)13-16-5-3-2-4-6-16/h2-12,14,19H,13,15,28H2,1H3,(H,30,31). The topological polar surface area (TPSA) is 85.8 Å². The molecule has 0 fully saturated rings. The number of benzene rings is 2. The van der Waals surface area contributed by atoms with Crippen LogP contribution in [0.2, 0.25) is 10.0 Å². The van der Waals surface area contributed by atoms with E-state index in [9.17, 15) is 4.79 Å². The van der Waals surface area contributed by atoms with E-state index in [-0.39, 0.29) is 11.6 Å². The number of nitrogens with two attached hydrogens (primary N) is 1. The lowest BCUT2D eigenvalue weighted by Gasteiger charge is -2.18. The van der Waals surface area contributed by atoms with Crippen molar-refractivity contribution in [2.24, 2.45) is 12.8 Å². The number of rotatable bonds is 7. The number of aromatic nitrogens is 3. The summed E-state index contributed by atoms with van der Waals surface area (Å²) >= 11 is 12.3. The Balaban J connectivity index is 1.71. The highest BCUT2D eigenvalue weighted by molar-refractivity contribution is 6.42. The maximum Gasteiger partial charge on any atom is 0.263 e. The van der Waals surface area contributed by atoms with Crippen LogP contribution in [0.1, 0.15) is 5.56 Å². The SMILES string of the molecule is Cn1c(NCC(N)Cc2ccccc2)nc(-c2ccncc2)c(-c2ccc(Cl)c(Cl)c2)c1=O. The molecule has 0 aliphatic carbocycles. The van der Waals surface area contributed by atoms with E-state index >= 15 is 0 Å². The average Bonchev–Trinajstić information content (AvgIpc) is 2.83. The molecule has 0 saturated carbocycles. The number of anilines is 1. The van der Waals surface area contributed by atoms with E-state index in [1.165, 1.54) is 4.57 Å². The zero-order chi connectivity index (χ0) is 23.4. The third kappa shape index (κ3) is 5.25. The first kappa shape index (κ1) is 23.0. The molecule has 0 spiro atoms. The van der Waals surface area contributed by atoms with Gasteiger partial charge in [-0.1, -0.05) is 59.6 Å². The second-order valence-electron chi connectivity index (χ2n) is 7.72. The van der Waals surface area contributed by atoms with Crippen LogP contribution in [0.15, 0.2) is 77.9 Å². The Morgan fingerprint density at radius 1 is 1.00 bits per heavy atom. The first-order valence-electron chi connectivity index (χ1n) is 10.4. The van der Waals surface area contributed by atoms with Crippen molar-refractivity contribution in [1.29, 1.82) is 0 Å². The average molecular weight is 480 g/mol. The molecule has 8 heteroatoms. The van der Waals surface area contributed by atoms with E-state index in [0.29, 0.717) is 45.8 Å². The summed E-state index contributed by atoms with van der Waals surface area (Å²) in [5, 5.41) is 4.03. The smallest absolute Gasteiger partial charge is 0.263 e. The van der Waals surface area contributed by atoms with Crippen molar-refractivity contribution in [3.8, 4) is 22.4 Å². The highest BCUT2D eigenvalue weighted by Crippen LogP contribution is 2.32. The fourth-order valence-electron chi connectivity index (χ4n) is 3.60. The van der Waals surface area contributed by atoms with E-state index in [2.05, 4.69) is 10.3 Å². The molecule has 0 amide bonds. The molecule has 6 nitrogen and oxygen atoms in total. The highest BCUT2D eigenvalue weighted by atomic mass is 35.5. The van der Waals surface area contributed by atoms with Gasteiger partial charge < -0.3 is 11.1 Å². The van der Waals surface area contributed by atoms with Gasteiger partial charge in [-0.3, -0.25) is 14.3 Å². The number of hydrogen-bond acceptors (Lipinski definition) is 5. The summed E-state index contributed by atoms with van der Waals surface area (Å²) in [6.45, 7) is 0.455. The fourth-order valence-corrected chi connectivity index (χ4v) is 3.90. The van der Waals surface area contributed by atoms with Gasteiger partial charge in [0.1, 0.15) is 0 Å². The van der Waals surface area contributed by atoms with Crippen molar-refractivity contribution < 1.29 is 0 Å². The largest absolute Gasteiger partial charge is 0.354 e. The molecule has 2 heterocycles. The second kappa shape index (κ2) is 10.2. The summed E-state index contributed by atoms with van der Waals surface area (Å²) in [6.07, 6.45) is 4.03. The molecule has 1 unspecified atom stereocenters. The molecule has 2 aromatic carbocycles. The summed E-state index contributed by atoms with van der Waals surface area (Å²) < 4.78 is 1.48. The van der Waals surface area contributed by atoms with Crippen LogP contribution in [-0.4, -0.2) is 27.1 Å². The molecule has 2 aromatic heterocycles. The van der Waals surface area contributed by atoms with Gasteiger partial charge in [0.25, 0.3) is 5.56 Å². The number of hydrogen-bond donors (Lipinski definition) is 2. The summed E-state index contributed by atoms with van der Waals surface area (Å²) in [4.78, 5) is 22.4. The van der Waals surface area contributed by atoms with Crippen molar-refractivity contribution in [3.05, 3.63) is 99.0 Å². The maximum absolute atomic E-state index is 13.5. The van der Waals surface area contributed by atoms with Crippen molar-refractivity contribution in [2.45, 2.75) is 12.5 Å². The van der Waals surface area contributed by atoms with Crippen LogP contribution < -0.4 is 16.6 Å². The van der Waals surface area contributed by atoms with Gasteiger partial charge in [-0.25, -0.2) is 4.98 Å². The lowest BCUT2D eigenvalue weighted by Crippen LogP contribution is -2.34. The monoisotopic (exact) mass is 479 g/mol. The Morgan fingerprint density at radius 2 is 1.73 bits per heavy atom. The first-order chi connectivity index (χ1) is 15.9. The Bertz CT molecular complexity index is 1310. The summed E-state index contributed by atoms with van der Waals surface area (Å²) in [5.41, 5.74) is 9.63. The highest BCUT2D eigenvalue weighted by Gasteiger charge is 2.19. The zero-order valence-corrected chi connectivity index (χ0v) is 19.5. The Hall–Kier alpha value is -3.19. The molecule has 4 rings (SSSR count). The van der Waals surface area contributed by atoms with Crippen LogP contribution in [-0.2, 0) is 13.5 Å². The predicted octanol–water partition coefficient (Wildman–Crippen LogP) is 4.80. The lowest BCUT2D eigenvalue weighted by atomic mass is 10.0. The predicted molar refractivity (Wildman–Crippen MR) is 135 cm³/mol. The molecular weight excluding hydrogens is 457 g/mol. The van der Waals surface area contributed by atoms with E-state index in [1.54, 1.807) is 37.6 Å². The normalized spacial score (nSPS) is 11.9. The van der Waals surface area contributed by atoms with E-state index < -0.39 is 0 Å². The minimum atomic E-state index is -0.214. The summed E-state index contributed by atoms with van der Waals surface area (Å²) in [6, 6.07) is 18.6. The van der Waals surface area contributed by atoms with E-state index in [1.807, 2.05) is 42.5 Å². The number of halogens is 2. The number of nitrogens with zero attached hydrogens (tertiary/aromatic N) is 3. The van der Waals surface area contributed by atoms with Crippen molar-refractivity contribution in [3.63, 3.8) is 0 Å².